The highest BCUT2D eigenvalue weighted by Crippen LogP contribution is 2.28. The quantitative estimate of drug-likeness (QED) is 0.377. The van der Waals surface area contributed by atoms with Gasteiger partial charge in [-0.2, -0.15) is 0 Å². The predicted octanol–water partition coefficient (Wildman–Crippen LogP) is 2.45. The average molecular weight is 394 g/mol. The number of aryl methyl sites for hydroxylation is 2. The second-order valence-corrected chi connectivity index (χ2v) is 6.39. The molecule has 0 unspecified atom stereocenters. The molecule has 0 saturated heterocycles. The van der Waals surface area contributed by atoms with Crippen molar-refractivity contribution in [1.82, 2.24) is 9.55 Å². The van der Waals surface area contributed by atoms with Crippen LogP contribution in [0, 0.1) is 17.0 Å². The molecule has 0 aliphatic carbocycles. The maximum absolute atomic E-state index is 12.1. The smallest absolute Gasteiger partial charge is 0.331 e. The van der Waals surface area contributed by atoms with Crippen LogP contribution in [0.4, 0.5) is 11.4 Å². The van der Waals surface area contributed by atoms with E-state index in [4.69, 9.17) is 0 Å². The van der Waals surface area contributed by atoms with Gasteiger partial charge >= 0.3 is 5.69 Å². The van der Waals surface area contributed by atoms with Crippen molar-refractivity contribution in [3.63, 3.8) is 0 Å². The zero-order valence-electron chi connectivity index (χ0n) is 15.5. The summed E-state index contributed by atoms with van der Waals surface area (Å²) in [6, 6.07) is 13.8. The minimum absolute atomic E-state index is 0.0291. The lowest BCUT2D eigenvalue weighted by Gasteiger charge is -2.09. The summed E-state index contributed by atoms with van der Waals surface area (Å²) < 4.78 is 1.03. The lowest BCUT2D eigenvalue weighted by Crippen LogP contribution is -2.32. The van der Waals surface area contributed by atoms with Crippen LogP contribution in [-0.4, -0.2) is 25.8 Å². The molecule has 0 aliphatic heterocycles. The Morgan fingerprint density at radius 3 is 2.62 bits per heavy atom. The molecule has 0 amide bonds. The van der Waals surface area contributed by atoms with Crippen LogP contribution in [0.1, 0.15) is 16.7 Å². The van der Waals surface area contributed by atoms with E-state index in [2.05, 4.69) is 9.98 Å². The Kier molecular flexibility index (Phi) is 5.68. The fourth-order valence-electron chi connectivity index (χ4n) is 2.81. The topological polar surface area (TPSA) is 131 Å². The third kappa shape index (κ3) is 4.46. The number of nitrogens with one attached hydrogen (secondary N) is 1. The summed E-state index contributed by atoms with van der Waals surface area (Å²) in [4.78, 5) is 41.0. The highest BCUT2D eigenvalue weighted by Gasteiger charge is 2.15. The Bertz CT molecular complexity index is 1200. The minimum atomic E-state index is -0.832. The van der Waals surface area contributed by atoms with Gasteiger partial charge in [0.1, 0.15) is 11.3 Å². The van der Waals surface area contributed by atoms with Crippen molar-refractivity contribution in [2.24, 2.45) is 4.99 Å². The van der Waals surface area contributed by atoms with E-state index in [1.807, 2.05) is 30.3 Å². The summed E-state index contributed by atoms with van der Waals surface area (Å²) in [5.41, 5.74) is -0.395. The van der Waals surface area contributed by atoms with E-state index in [1.54, 1.807) is 13.0 Å². The van der Waals surface area contributed by atoms with Crippen LogP contribution in [0.5, 0.6) is 5.88 Å². The van der Waals surface area contributed by atoms with Gasteiger partial charge in [-0.3, -0.25) is 24.5 Å². The molecule has 3 rings (SSSR count). The molecule has 9 heteroatoms. The van der Waals surface area contributed by atoms with Crippen molar-refractivity contribution in [2.45, 2.75) is 19.9 Å². The van der Waals surface area contributed by atoms with Gasteiger partial charge in [-0.15, -0.1) is 0 Å². The molecular formula is C20H18N4O5. The van der Waals surface area contributed by atoms with E-state index in [0.717, 1.165) is 16.3 Å². The van der Waals surface area contributed by atoms with Gasteiger partial charge in [0.2, 0.25) is 5.88 Å². The Morgan fingerprint density at radius 2 is 1.93 bits per heavy atom. The second kappa shape index (κ2) is 8.34. The van der Waals surface area contributed by atoms with Gasteiger partial charge in [0, 0.05) is 18.8 Å². The van der Waals surface area contributed by atoms with Crippen molar-refractivity contribution in [3.8, 4) is 5.88 Å². The fourth-order valence-corrected chi connectivity index (χ4v) is 2.81. The summed E-state index contributed by atoms with van der Waals surface area (Å²) >= 11 is 0. The predicted molar refractivity (Wildman–Crippen MR) is 108 cm³/mol. The van der Waals surface area contributed by atoms with E-state index in [1.165, 1.54) is 12.1 Å². The van der Waals surface area contributed by atoms with Crippen LogP contribution in [0.3, 0.4) is 0 Å². The standard InChI is InChI=1S/C20H18N4O5/c1-13-7-8-16(17(11-13)24(28)29)21-12-15-18(25)22-20(27)23(19(15)26)10-9-14-5-3-2-4-6-14/h2-8,11-12,26H,9-10H2,1H3,(H,22,25,27). The van der Waals surface area contributed by atoms with Gasteiger partial charge in [0.05, 0.1) is 4.92 Å². The number of benzene rings is 2. The molecule has 29 heavy (non-hydrogen) atoms. The van der Waals surface area contributed by atoms with Crippen LogP contribution < -0.4 is 11.2 Å². The summed E-state index contributed by atoms with van der Waals surface area (Å²) in [7, 11) is 0. The number of hydrogen-bond acceptors (Lipinski definition) is 6. The third-order valence-corrected chi connectivity index (χ3v) is 4.33. The van der Waals surface area contributed by atoms with Gasteiger partial charge in [-0.25, -0.2) is 9.79 Å². The molecule has 0 fully saturated rings. The number of hydrogen-bond donors (Lipinski definition) is 2. The number of aliphatic imine (C=N–C) groups is 1. The molecule has 0 bridgehead atoms. The number of H-pyrrole nitrogens is 1. The number of aromatic nitrogens is 2. The molecule has 0 saturated carbocycles. The van der Waals surface area contributed by atoms with Crippen LogP contribution in [0.2, 0.25) is 0 Å². The van der Waals surface area contributed by atoms with E-state index >= 15 is 0 Å². The number of nitrogens with zero attached hydrogens (tertiary/aromatic N) is 3. The normalized spacial score (nSPS) is 11.1. The van der Waals surface area contributed by atoms with Gasteiger partial charge < -0.3 is 5.11 Å². The number of aromatic amines is 1. The first-order valence-corrected chi connectivity index (χ1v) is 8.76. The molecular weight excluding hydrogens is 376 g/mol. The summed E-state index contributed by atoms with van der Waals surface area (Å²) in [6.45, 7) is 1.84. The van der Waals surface area contributed by atoms with Crippen molar-refractivity contribution >= 4 is 17.6 Å². The Hall–Kier alpha value is -4.01. The number of nitro benzene ring substituents is 1. The Balaban J connectivity index is 1.96. The average Bonchev–Trinajstić information content (AvgIpc) is 2.69. The molecule has 0 spiro atoms. The van der Waals surface area contributed by atoms with Crippen molar-refractivity contribution in [2.75, 3.05) is 0 Å². The maximum Gasteiger partial charge on any atom is 0.331 e. The van der Waals surface area contributed by atoms with Crippen LogP contribution in [0.15, 0.2) is 63.1 Å². The second-order valence-electron chi connectivity index (χ2n) is 6.39. The monoisotopic (exact) mass is 394 g/mol. The van der Waals surface area contributed by atoms with E-state index in [9.17, 15) is 24.8 Å². The molecule has 3 aromatic rings. The van der Waals surface area contributed by atoms with Gasteiger partial charge in [-0.05, 0) is 30.5 Å². The van der Waals surface area contributed by atoms with Gasteiger partial charge in [0.15, 0.2) is 0 Å². The fraction of sp³-hybridized carbons (Fsp3) is 0.150. The summed E-state index contributed by atoms with van der Waals surface area (Å²) in [6.07, 6.45) is 1.48. The largest absolute Gasteiger partial charge is 0.494 e. The third-order valence-electron chi connectivity index (χ3n) is 4.33. The van der Waals surface area contributed by atoms with E-state index < -0.39 is 22.1 Å². The van der Waals surface area contributed by atoms with Gasteiger partial charge in [-0.1, -0.05) is 36.4 Å². The molecule has 1 aromatic heterocycles. The molecule has 2 aromatic carbocycles. The Labute approximate surface area is 164 Å². The summed E-state index contributed by atoms with van der Waals surface area (Å²) in [5.74, 6) is -0.548. The van der Waals surface area contributed by atoms with Crippen molar-refractivity contribution < 1.29 is 10.0 Å². The number of rotatable bonds is 6. The molecule has 0 radical (unpaired) electrons. The SMILES string of the molecule is Cc1ccc(N=Cc2c(O)n(CCc3ccccc3)c(=O)[nH]c2=O)c([N+](=O)[O-])c1. The van der Waals surface area contributed by atoms with E-state index in [0.29, 0.717) is 12.0 Å². The van der Waals surface area contributed by atoms with Crippen molar-refractivity contribution in [1.29, 1.82) is 0 Å². The Morgan fingerprint density at radius 1 is 1.21 bits per heavy atom. The highest BCUT2D eigenvalue weighted by molar-refractivity contribution is 5.85. The minimum Gasteiger partial charge on any atom is -0.494 e. The van der Waals surface area contributed by atoms with E-state index in [-0.39, 0.29) is 23.5 Å². The molecule has 1 heterocycles. The van der Waals surface area contributed by atoms with Crippen molar-refractivity contribution in [3.05, 3.63) is 96.2 Å². The number of aromatic hydroxyl groups is 1. The number of nitro groups is 1. The molecule has 0 atom stereocenters. The zero-order valence-corrected chi connectivity index (χ0v) is 15.5. The first-order valence-electron chi connectivity index (χ1n) is 8.76. The first kappa shape index (κ1) is 19.7. The lowest BCUT2D eigenvalue weighted by atomic mass is 10.1. The molecule has 2 N–H and O–H groups in total. The van der Waals surface area contributed by atoms with Crippen LogP contribution >= 0.6 is 0 Å². The maximum atomic E-state index is 12.1. The van der Waals surface area contributed by atoms with Crippen LogP contribution in [-0.2, 0) is 13.0 Å². The first-order chi connectivity index (χ1) is 13.9. The zero-order chi connectivity index (χ0) is 21.0. The summed E-state index contributed by atoms with van der Waals surface area (Å²) in [5, 5.41) is 21.7. The van der Waals surface area contributed by atoms with Gasteiger partial charge in [0.25, 0.3) is 11.2 Å². The molecule has 148 valence electrons. The molecule has 9 nitrogen and oxygen atoms in total. The highest BCUT2D eigenvalue weighted by atomic mass is 16.6. The lowest BCUT2D eigenvalue weighted by molar-refractivity contribution is -0.384. The van der Waals surface area contributed by atoms with Crippen LogP contribution in [0.25, 0.3) is 0 Å². The molecule has 0 aliphatic rings.